The lowest BCUT2D eigenvalue weighted by atomic mass is 9.91. The van der Waals surface area contributed by atoms with Crippen LogP contribution in [0.3, 0.4) is 0 Å². The van der Waals surface area contributed by atoms with E-state index >= 15 is 0 Å². The highest BCUT2D eigenvalue weighted by molar-refractivity contribution is 6.05. The zero-order valence-electron chi connectivity index (χ0n) is 15.9. The Morgan fingerprint density at radius 2 is 2.20 bits per heavy atom. The van der Waals surface area contributed by atoms with Crippen LogP contribution >= 0.6 is 0 Å². The van der Waals surface area contributed by atoms with Gasteiger partial charge in [-0.05, 0) is 24.3 Å². The maximum atomic E-state index is 12.2. The molecular formula is C20H16N8O2. The van der Waals surface area contributed by atoms with E-state index in [1.54, 1.807) is 27.5 Å². The van der Waals surface area contributed by atoms with E-state index in [2.05, 4.69) is 25.8 Å². The summed E-state index contributed by atoms with van der Waals surface area (Å²) in [6, 6.07) is 12.7. The molecule has 0 fully saturated rings. The third-order valence-corrected chi connectivity index (χ3v) is 5.04. The van der Waals surface area contributed by atoms with Crippen molar-refractivity contribution in [2.45, 2.75) is 12.0 Å². The topological polar surface area (TPSA) is 133 Å². The fourth-order valence-electron chi connectivity index (χ4n) is 3.58. The molecule has 1 atom stereocenters. The molecule has 0 aliphatic carbocycles. The summed E-state index contributed by atoms with van der Waals surface area (Å²) in [6.45, 7) is 0. The fraction of sp³-hybridized carbons (Fsp3) is 0.150. The average Bonchev–Trinajstić information content (AvgIpc) is 3.39. The molecule has 5 rings (SSSR count). The molecule has 10 heteroatoms. The molecule has 10 nitrogen and oxygen atoms in total. The van der Waals surface area contributed by atoms with Crippen LogP contribution in [-0.2, 0) is 17.4 Å². The van der Waals surface area contributed by atoms with Crippen molar-refractivity contribution in [3.8, 4) is 17.3 Å². The standard InChI is InChI=1S/C20H16N8O2/c1-27-11-13(10-22-27)23-19-25-17-4-2-3-16(28(17)26-19)12-5-6-15-14(9-12)20(30,7-8-21)18(29)24-15/h2-6,9-11,30H,7H2,1H3,(H,23,26)(H,24,29). The van der Waals surface area contributed by atoms with Gasteiger partial charge >= 0.3 is 0 Å². The van der Waals surface area contributed by atoms with E-state index in [9.17, 15) is 9.90 Å². The molecule has 3 aromatic heterocycles. The Balaban J connectivity index is 1.58. The number of anilines is 3. The molecule has 1 aliphatic heterocycles. The summed E-state index contributed by atoms with van der Waals surface area (Å²) in [7, 11) is 1.82. The summed E-state index contributed by atoms with van der Waals surface area (Å²) in [4.78, 5) is 16.7. The van der Waals surface area contributed by atoms with E-state index < -0.39 is 11.5 Å². The Hall–Kier alpha value is -4.23. The predicted octanol–water partition coefficient (Wildman–Crippen LogP) is 1.93. The number of nitrogens with one attached hydrogen (secondary N) is 2. The van der Waals surface area contributed by atoms with E-state index in [0.29, 0.717) is 22.8 Å². The summed E-state index contributed by atoms with van der Waals surface area (Å²) in [5.74, 6) is -0.187. The van der Waals surface area contributed by atoms with Crippen LogP contribution in [0, 0.1) is 11.3 Å². The molecule has 1 unspecified atom stereocenters. The van der Waals surface area contributed by atoms with Gasteiger partial charge in [0.2, 0.25) is 5.95 Å². The minimum atomic E-state index is -1.87. The number of aryl methyl sites for hydroxylation is 1. The minimum absolute atomic E-state index is 0.331. The van der Waals surface area contributed by atoms with Crippen LogP contribution < -0.4 is 10.6 Å². The minimum Gasteiger partial charge on any atom is -0.374 e. The molecule has 0 saturated carbocycles. The van der Waals surface area contributed by atoms with Gasteiger partial charge in [0.05, 0.1) is 30.1 Å². The Morgan fingerprint density at radius 3 is 2.97 bits per heavy atom. The molecule has 3 N–H and O–H groups in total. The molecule has 1 aliphatic rings. The number of fused-ring (bicyclic) bond motifs is 2. The zero-order valence-corrected chi connectivity index (χ0v) is 15.9. The van der Waals surface area contributed by atoms with Crippen molar-refractivity contribution in [3.05, 3.63) is 54.4 Å². The van der Waals surface area contributed by atoms with Gasteiger partial charge in [-0.15, -0.1) is 5.10 Å². The van der Waals surface area contributed by atoms with Crippen molar-refractivity contribution >= 4 is 28.9 Å². The first-order valence-electron chi connectivity index (χ1n) is 9.15. The number of hydrogen-bond donors (Lipinski definition) is 3. The van der Waals surface area contributed by atoms with Crippen molar-refractivity contribution in [3.63, 3.8) is 0 Å². The molecule has 4 aromatic rings. The van der Waals surface area contributed by atoms with Crippen molar-refractivity contribution < 1.29 is 9.90 Å². The Labute approximate surface area is 170 Å². The van der Waals surface area contributed by atoms with E-state index in [1.165, 1.54) is 0 Å². The summed E-state index contributed by atoms with van der Waals surface area (Å²) in [6.07, 6.45) is 3.16. The van der Waals surface area contributed by atoms with E-state index in [4.69, 9.17) is 5.26 Å². The molecule has 148 valence electrons. The summed E-state index contributed by atoms with van der Waals surface area (Å²) < 4.78 is 3.35. The maximum absolute atomic E-state index is 12.2. The first-order valence-corrected chi connectivity index (χ1v) is 9.15. The number of nitrogens with zero attached hydrogens (tertiary/aromatic N) is 6. The Bertz CT molecular complexity index is 1350. The molecule has 0 radical (unpaired) electrons. The SMILES string of the molecule is Cn1cc(Nc2nc3cccc(-c4ccc5c(c4)C(O)(CC#N)C(=O)N5)n3n2)cn1. The normalized spacial score (nSPS) is 17.6. The Morgan fingerprint density at radius 1 is 1.33 bits per heavy atom. The molecular weight excluding hydrogens is 384 g/mol. The fourth-order valence-corrected chi connectivity index (χ4v) is 3.58. The van der Waals surface area contributed by atoms with Crippen molar-refractivity contribution in [1.29, 1.82) is 5.26 Å². The van der Waals surface area contributed by atoms with Gasteiger partial charge < -0.3 is 15.7 Å². The van der Waals surface area contributed by atoms with Crippen LogP contribution in [0.5, 0.6) is 0 Å². The van der Waals surface area contributed by atoms with Gasteiger partial charge in [-0.1, -0.05) is 12.1 Å². The van der Waals surface area contributed by atoms with Crippen LogP contribution in [0.15, 0.2) is 48.8 Å². The summed E-state index contributed by atoms with van der Waals surface area (Å²) in [5.41, 5.74) is 1.83. The number of nitriles is 1. The molecule has 1 aromatic carbocycles. The van der Waals surface area contributed by atoms with Crippen LogP contribution in [0.25, 0.3) is 16.9 Å². The van der Waals surface area contributed by atoms with Gasteiger partial charge in [-0.25, -0.2) is 4.52 Å². The number of hydrogen-bond acceptors (Lipinski definition) is 7. The molecule has 30 heavy (non-hydrogen) atoms. The average molecular weight is 400 g/mol. The number of rotatable bonds is 4. The van der Waals surface area contributed by atoms with Crippen LogP contribution in [0.2, 0.25) is 0 Å². The molecule has 1 amide bonds. The van der Waals surface area contributed by atoms with Gasteiger partial charge in [0.15, 0.2) is 11.2 Å². The second kappa shape index (κ2) is 6.40. The first kappa shape index (κ1) is 17.8. The highest BCUT2D eigenvalue weighted by Crippen LogP contribution is 2.40. The van der Waals surface area contributed by atoms with Gasteiger partial charge in [0.1, 0.15) is 0 Å². The number of pyridine rings is 1. The number of benzene rings is 1. The highest BCUT2D eigenvalue weighted by atomic mass is 16.3. The third kappa shape index (κ3) is 2.68. The number of carbonyl (C=O) groups is 1. The van der Waals surface area contributed by atoms with Gasteiger partial charge in [0, 0.05) is 30.1 Å². The van der Waals surface area contributed by atoms with E-state index in [1.807, 2.05) is 43.6 Å². The van der Waals surface area contributed by atoms with Gasteiger partial charge in [-0.3, -0.25) is 9.48 Å². The number of aliphatic hydroxyl groups is 1. The molecule has 4 heterocycles. The summed E-state index contributed by atoms with van der Waals surface area (Å²) in [5, 5.41) is 34.2. The van der Waals surface area contributed by atoms with Crippen molar-refractivity contribution in [2.75, 3.05) is 10.6 Å². The largest absolute Gasteiger partial charge is 0.374 e. The van der Waals surface area contributed by atoms with Crippen LogP contribution in [0.4, 0.5) is 17.3 Å². The lowest BCUT2D eigenvalue weighted by Crippen LogP contribution is -2.33. The Kier molecular flexibility index (Phi) is 3.80. The quantitative estimate of drug-likeness (QED) is 0.477. The van der Waals surface area contributed by atoms with Gasteiger partial charge in [0.25, 0.3) is 5.91 Å². The van der Waals surface area contributed by atoms with Crippen molar-refractivity contribution in [2.24, 2.45) is 7.05 Å². The number of aromatic nitrogens is 5. The third-order valence-electron chi connectivity index (χ3n) is 5.04. The summed E-state index contributed by atoms with van der Waals surface area (Å²) >= 11 is 0. The van der Waals surface area contributed by atoms with E-state index in [-0.39, 0.29) is 6.42 Å². The maximum Gasteiger partial charge on any atom is 0.262 e. The second-order valence-corrected chi connectivity index (χ2v) is 7.05. The van der Waals surface area contributed by atoms with Crippen molar-refractivity contribution in [1.82, 2.24) is 24.4 Å². The zero-order chi connectivity index (χ0) is 20.9. The van der Waals surface area contributed by atoms with Crippen LogP contribution in [0.1, 0.15) is 12.0 Å². The molecule has 0 saturated heterocycles. The monoisotopic (exact) mass is 400 g/mol. The lowest BCUT2D eigenvalue weighted by molar-refractivity contribution is -0.133. The second-order valence-electron chi connectivity index (χ2n) is 7.05. The lowest BCUT2D eigenvalue weighted by Gasteiger charge is -2.17. The number of carbonyl (C=O) groups excluding carboxylic acids is 1. The highest BCUT2D eigenvalue weighted by Gasteiger charge is 2.45. The molecule has 0 spiro atoms. The van der Waals surface area contributed by atoms with Crippen LogP contribution in [-0.4, -0.2) is 35.4 Å². The number of amides is 1. The smallest absolute Gasteiger partial charge is 0.262 e. The predicted molar refractivity (Wildman–Crippen MR) is 108 cm³/mol. The van der Waals surface area contributed by atoms with E-state index in [0.717, 1.165) is 16.9 Å². The molecule has 0 bridgehead atoms. The van der Waals surface area contributed by atoms with Gasteiger partial charge in [-0.2, -0.15) is 15.3 Å². The first-order chi connectivity index (χ1) is 14.5.